The molecule has 36 heavy (non-hydrogen) atoms. The molecule has 4 rings (SSSR count). The lowest BCUT2D eigenvalue weighted by Crippen LogP contribution is -2.20. The number of benzene rings is 3. The van der Waals surface area contributed by atoms with Crippen molar-refractivity contribution in [3.8, 4) is 22.8 Å². The highest BCUT2D eigenvalue weighted by Crippen LogP contribution is 2.33. The smallest absolute Gasteiger partial charge is 0.272 e. The summed E-state index contributed by atoms with van der Waals surface area (Å²) in [6, 6.07) is 21.9. The number of carbonyl (C=O) groups excluding carboxylic acids is 2. The fourth-order valence-electron chi connectivity index (χ4n) is 3.76. The Morgan fingerprint density at radius 3 is 2.28 bits per heavy atom. The molecule has 8 heteroatoms. The number of fused-ring (bicyclic) bond motifs is 1. The third kappa shape index (κ3) is 5.33. The second kappa shape index (κ2) is 10.7. The van der Waals surface area contributed by atoms with E-state index in [-0.39, 0.29) is 11.8 Å². The monoisotopic (exact) mass is 482 g/mol. The topological polar surface area (TPSA) is 102 Å². The zero-order valence-electron chi connectivity index (χ0n) is 20.5. The molecule has 0 unspecified atom stereocenters. The second-order valence-corrected chi connectivity index (χ2v) is 8.04. The number of pyridine rings is 1. The highest BCUT2D eigenvalue weighted by molar-refractivity contribution is 6.08. The standard InChI is InChI=1S/C28H26N4O4/c1-17(19-9-12-21(13-10-19)29-18(2)33)31-32-28(34)23-16-25(30-24-8-6-5-7-22(23)24)20-11-14-26(35-3)27(15-20)36-4/h5-16H,1-4H3,(H,29,33)(H,32,34)/b31-17-. The molecule has 3 aromatic carbocycles. The highest BCUT2D eigenvalue weighted by atomic mass is 16.5. The molecule has 0 aliphatic rings. The molecule has 0 radical (unpaired) electrons. The van der Waals surface area contributed by atoms with Crippen LogP contribution >= 0.6 is 0 Å². The van der Waals surface area contributed by atoms with E-state index in [1.807, 2.05) is 48.5 Å². The van der Waals surface area contributed by atoms with Gasteiger partial charge in [0.1, 0.15) is 0 Å². The Bertz CT molecular complexity index is 1460. The van der Waals surface area contributed by atoms with Crippen LogP contribution in [0.2, 0.25) is 0 Å². The lowest BCUT2D eigenvalue weighted by Gasteiger charge is -2.12. The van der Waals surface area contributed by atoms with Crippen LogP contribution in [0.5, 0.6) is 11.5 Å². The van der Waals surface area contributed by atoms with Crippen LogP contribution in [-0.4, -0.2) is 36.7 Å². The summed E-state index contributed by atoms with van der Waals surface area (Å²) in [7, 11) is 3.15. The van der Waals surface area contributed by atoms with Crippen molar-refractivity contribution >= 4 is 34.1 Å². The van der Waals surface area contributed by atoms with Crippen LogP contribution in [0, 0.1) is 0 Å². The van der Waals surface area contributed by atoms with Crippen molar-refractivity contribution in [2.75, 3.05) is 19.5 Å². The van der Waals surface area contributed by atoms with Crippen LogP contribution in [0.1, 0.15) is 29.8 Å². The van der Waals surface area contributed by atoms with Crippen LogP contribution in [0.25, 0.3) is 22.2 Å². The maximum atomic E-state index is 13.2. The molecule has 0 saturated carbocycles. The van der Waals surface area contributed by atoms with Crippen molar-refractivity contribution < 1.29 is 19.1 Å². The Balaban J connectivity index is 1.65. The third-order valence-corrected chi connectivity index (χ3v) is 5.59. The van der Waals surface area contributed by atoms with Gasteiger partial charge in [-0.3, -0.25) is 9.59 Å². The number of anilines is 1. The minimum absolute atomic E-state index is 0.141. The Morgan fingerprint density at radius 1 is 0.861 bits per heavy atom. The van der Waals surface area contributed by atoms with Crippen molar-refractivity contribution in [2.24, 2.45) is 5.10 Å². The van der Waals surface area contributed by atoms with Crippen molar-refractivity contribution in [2.45, 2.75) is 13.8 Å². The van der Waals surface area contributed by atoms with Crippen LogP contribution in [-0.2, 0) is 4.79 Å². The average Bonchev–Trinajstić information content (AvgIpc) is 2.90. The van der Waals surface area contributed by atoms with Crippen molar-refractivity contribution in [3.05, 3.63) is 83.9 Å². The first-order chi connectivity index (χ1) is 17.4. The van der Waals surface area contributed by atoms with Crippen molar-refractivity contribution in [3.63, 3.8) is 0 Å². The summed E-state index contributed by atoms with van der Waals surface area (Å²) in [5.41, 5.74) is 7.32. The van der Waals surface area contributed by atoms with E-state index in [1.165, 1.54) is 6.92 Å². The Morgan fingerprint density at radius 2 is 1.58 bits per heavy atom. The maximum absolute atomic E-state index is 13.2. The van der Waals surface area contributed by atoms with Gasteiger partial charge < -0.3 is 14.8 Å². The quantitative estimate of drug-likeness (QED) is 0.284. The van der Waals surface area contributed by atoms with E-state index in [0.717, 1.165) is 11.1 Å². The van der Waals surface area contributed by atoms with Gasteiger partial charge in [-0.25, -0.2) is 10.4 Å². The fourth-order valence-corrected chi connectivity index (χ4v) is 3.76. The van der Waals surface area contributed by atoms with Gasteiger partial charge in [0.15, 0.2) is 11.5 Å². The van der Waals surface area contributed by atoms with E-state index in [4.69, 9.17) is 14.5 Å². The predicted octanol–water partition coefficient (Wildman–Crippen LogP) is 5.03. The molecule has 0 aliphatic heterocycles. The van der Waals surface area contributed by atoms with Gasteiger partial charge in [0.25, 0.3) is 5.91 Å². The number of hydrogen-bond donors (Lipinski definition) is 2. The number of para-hydroxylation sites is 1. The second-order valence-electron chi connectivity index (χ2n) is 8.04. The molecule has 0 spiro atoms. The Labute approximate surface area is 209 Å². The van der Waals surface area contributed by atoms with Gasteiger partial charge in [-0.15, -0.1) is 0 Å². The van der Waals surface area contributed by atoms with Crippen LogP contribution in [0.4, 0.5) is 5.69 Å². The zero-order valence-corrected chi connectivity index (χ0v) is 20.5. The van der Waals surface area contributed by atoms with Crippen LogP contribution < -0.4 is 20.2 Å². The highest BCUT2D eigenvalue weighted by Gasteiger charge is 2.15. The zero-order chi connectivity index (χ0) is 25.7. The van der Waals surface area contributed by atoms with E-state index in [0.29, 0.717) is 45.1 Å². The number of amides is 2. The molecule has 0 bridgehead atoms. The number of nitrogens with one attached hydrogen (secondary N) is 2. The van der Waals surface area contributed by atoms with Crippen LogP contribution in [0.3, 0.4) is 0 Å². The molecule has 1 heterocycles. The molecule has 4 aromatic rings. The third-order valence-electron chi connectivity index (χ3n) is 5.59. The molecule has 2 N–H and O–H groups in total. The van der Waals surface area contributed by atoms with Crippen LogP contribution in [0.15, 0.2) is 77.9 Å². The van der Waals surface area contributed by atoms with Gasteiger partial charge in [0.05, 0.1) is 36.7 Å². The molecule has 0 atom stereocenters. The molecular weight excluding hydrogens is 456 g/mol. The van der Waals surface area contributed by atoms with Crippen molar-refractivity contribution in [1.82, 2.24) is 10.4 Å². The number of carbonyl (C=O) groups is 2. The largest absolute Gasteiger partial charge is 0.493 e. The molecule has 2 amide bonds. The number of nitrogens with zero attached hydrogens (tertiary/aromatic N) is 2. The summed E-state index contributed by atoms with van der Waals surface area (Å²) in [5.74, 6) is 0.678. The normalized spacial score (nSPS) is 11.2. The Hall–Kier alpha value is -4.72. The summed E-state index contributed by atoms with van der Waals surface area (Å²) in [6.07, 6.45) is 0. The number of hydrogen-bond acceptors (Lipinski definition) is 6. The fraction of sp³-hybridized carbons (Fsp3) is 0.143. The minimum Gasteiger partial charge on any atom is -0.493 e. The number of ether oxygens (including phenoxy) is 2. The van der Waals surface area contributed by atoms with Gasteiger partial charge in [0.2, 0.25) is 5.91 Å². The summed E-state index contributed by atoms with van der Waals surface area (Å²) < 4.78 is 10.8. The lowest BCUT2D eigenvalue weighted by atomic mass is 10.0. The first kappa shape index (κ1) is 24.4. The number of rotatable bonds is 7. The molecule has 182 valence electrons. The summed E-state index contributed by atoms with van der Waals surface area (Å²) in [6.45, 7) is 3.25. The van der Waals surface area contributed by atoms with E-state index in [9.17, 15) is 9.59 Å². The molecule has 0 fully saturated rings. The SMILES string of the molecule is COc1ccc(-c2cc(C(=O)N/N=C(/C)c3ccc(NC(C)=O)cc3)c3ccccc3n2)cc1OC. The molecule has 8 nitrogen and oxygen atoms in total. The van der Waals surface area contributed by atoms with Crippen molar-refractivity contribution in [1.29, 1.82) is 0 Å². The first-order valence-corrected chi connectivity index (χ1v) is 11.2. The summed E-state index contributed by atoms with van der Waals surface area (Å²) >= 11 is 0. The number of hydrazone groups is 1. The molecule has 0 aliphatic carbocycles. The molecular formula is C28H26N4O4. The summed E-state index contributed by atoms with van der Waals surface area (Å²) in [5, 5.41) is 7.73. The molecule has 0 saturated heterocycles. The van der Waals surface area contributed by atoms with Gasteiger partial charge >= 0.3 is 0 Å². The van der Waals surface area contributed by atoms with E-state index in [2.05, 4.69) is 15.8 Å². The average molecular weight is 483 g/mol. The summed E-state index contributed by atoms with van der Waals surface area (Å²) in [4.78, 5) is 29.2. The first-order valence-electron chi connectivity index (χ1n) is 11.2. The minimum atomic E-state index is -0.357. The van der Waals surface area contributed by atoms with Gasteiger partial charge in [-0.05, 0) is 55.0 Å². The number of methoxy groups -OCH3 is 2. The maximum Gasteiger partial charge on any atom is 0.272 e. The lowest BCUT2D eigenvalue weighted by molar-refractivity contribution is -0.114. The van der Waals surface area contributed by atoms with Gasteiger partial charge in [-0.2, -0.15) is 5.10 Å². The van der Waals surface area contributed by atoms with Gasteiger partial charge in [0, 0.05) is 23.6 Å². The Kier molecular flexibility index (Phi) is 7.25. The number of aromatic nitrogens is 1. The van der Waals surface area contributed by atoms with E-state index < -0.39 is 0 Å². The van der Waals surface area contributed by atoms with Gasteiger partial charge in [-0.1, -0.05) is 30.3 Å². The predicted molar refractivity (Wildman–Crippen MR) is 141 cm³/mol. The van der Waals surface area contributed by atoms with E-state index >= 15 is 0 Å². The van der Waals surface area contributed by atoms with E-state index in [1.54, 1.807) is 45.4 Å². The molecule has 1 aromatic heterocycles.